The first-order valence-electron chi connectivity index (χ1n) is 6.18. The van der Waals surface area contributed by atoms with Crippen LogP contribution in [-0.4, -0.2) is 21.4 Å². The summed E-state index contributed by atoms with van der Waals surface area (Å²) in [7, 11) is -0.682. The Balaban J connectivity index is 3.79. The van der Waals surface area contributed by atoms with Crippen LogP contribution in [0.5, 0.6) is 0 Å². The maximum atomic E-state index is 11.1. The molecular weight excluding hydrogens is 216 g/mol. The Morgan fingerprint density at radius 1 is 1.25 bits per heavy atom. The van der Waals surface area contributed by atoms with Gasteiger partial charge in [0.05, 0.1) is 6.61 Å². The van der Waals surface area contributed by atoms with E-state index in [0.29, 0.717) is 12.2 Å². The first-order valence-corrected chi connectivity index (χ1v) is 8.33. The van der Waals surface area contributed by atoms with Gasteiger partial charge in [-0.3, -0.25) is 0 Å². The second kappa shape index (κ2) is 7.66. The monoisotopic (exact) mass is 242 g/mol. The van der Waals surface area contributed by atoms with Gasteiger partial charge < -0.3 is 4.74 Å². The molecule has 0 fully saturated rings. The third-order valence-corrected chi connectivity index (χ3v) is 7.48. The molecule has 0 bridgehead atoms. The smallest absolute Gasteiger partial charge is 0.333 e. The Kier molecular flexibility index (Phi) is 7.39. The van der Waals surface area contributed by atoms with Gasteiger partial charge in [-0.2, -0.15) is 0 Å². The van der Waals surface area contributed by atoms with Gasteiger partial charge in [-0.1, -0.05) is 51.4 Å². The molecule has 0 aliphatic carbocycles. The lowest BCUT2D eigenvalue weighted by molar-refractivity contribution is -0.138. The van der Waals surface area contributed by atoms with E-state index >= 15 is 0 Å². The van der Waals surface area contributed by atoms with Crippen molar-refractivity contribution in [3.05, 3.63) is 12.2 Å². The number of carbonyl (C=O) groups excluding carboxylic acids is 1. The number of hydrogen-bond acceptors (Lipinski definition) is 2. The van der Waals surface area contributed by atoms with Crippen LogP contribution in [-0.2, 0) is 9.53 Å². The lowest BCUT2D eigenvalue weighted by Gasteiger charge is -2.22. The van der Waals surface area contributed by atoms with Gasteiger partial charge in [-0.15, -0.1) is 0 Å². The molecule has 0 rings (SSSR count). The Morgan fingerprint density at radius 3 is 2.12 bits per heavy atom. The number of rotatable bonds is 7. The summed E-state index contributed by atoms with van der Waals surface area (Å²) in [6.45, 7) is 15.1. The standard InChI is InChI=1S/C13H26O2Si/c1-10(2)13(14)15-8-7-9-16(11(3)4)12(5)6/h11-12,16H,1,7-9H2,2-6H3. The largest absolute Gasteiger partial charge is 0.462 e. The topological polar surface area (TPSA) is 26.3 Å². The second-order valence-corrected chi connectivity index (χ2v) is 9.78. The van der Waals surface area contributed by atoms with Crippen LogP contribution in [0.3, 0.4) is 0 Å². The molecule has 0 unspecified atom stereocenters. The van der Waals surface area contributed by atoms with Crippen LogP contribution < -0.4 is 0 Å². The van der Waals surface area contributed by atoms with E-state index in [4.69, 9.17) is 4.74 Å². The summed E-state index contributed by atoms with van der Waals surface area (Å²) in [6, 6.07) is 1.26. The Labute approximate surface area is 102 Å². The van der Waals surface area contributed by atoms with Gasteiger partial charge >= 0.3 is 5.97 Å². The molecule has 16 heavy (non-hydrogen) atoms. The zero-order valence-corrected chi connectivity index (χ0v) is 12.5. The van der Waals surface area contributed by atoms with E-state index in [2.05, 4.69) is 34.3 Å². The van der Waals surface area contributed by atoms with Crippen molar-refractivity contribution in [3.63, 3.8) is 0 Å². The third-order valence-electron chi connectivity index (χ3n) is 2.98. The lowest BCUT2D eigenvalue weighted by atomic mass is 10.4. The molecule has 2 nitrogen and oxygen atoms in total. The predicted octanol–water partition coefficient (Wildman–Crippen LogP) is 3.54. The highest BCUT2D eigenvalue weighted by molar-refractivity contribution is 6.61. The van der Waals surface area contributed by atoms with E-state index in [1.54, 1.807) is 6.92 Å². The average molecular weight is 242 g/mol. The second-order valence-electron chi connectivity index (χ2n) is 5.21. The number of carbonyl (C=O) groups is 1. The van der Waals surface area contributed by atoms with E-state index in [1.165, 1.54) is 6.04 Å². The van der Waals surface area contributed by atoms with Gasteiger partial charge in [0.2, 0.25) is 0 Å². The fraction of sp³-hybridized carbons (Fsp3) is 0.769. The number of hydrogen-bond donors (Lipinski definition) is 0. The Morgan fingerprint density at radius 2 is 1.75 bits per heavy atom. The minimum absolute atomic E-state index is 0.257. The van der Waals surface area contributed by atoms with E-state index in [0.717, 1.165) is 17.5 Å². The van der Waals surface area contributed by atoms with Crippen LogP contribution in [0.4, 0.5) is 0 Å². The molecule has 0 radical (unpaired) electrons. The maximum Gasteiger partial charge on any atom is 0.333 e. The quantitative estimate of drug-likeness (QED) is 0.295. The molecule has 0 spiro atoms. The summed E-state index contributed by atoms with van der Waals surface area (Å²) in [5.41, 5.74) is 2.15. The summed E-state index contributed by atoms with van der Waals surface area (Å²) >= 11 is 0. The summed E-state index contributed by atoms with van der Waals surface area (Å²) in [4.78, 5) is 11.1. The molecule has 0 saturated heterocycles. The SMILES string of the molecule is C=C(C)C(=O)OCCC[SiH](C(C)C)C(C)C. The molecule has 0 aromatic carbocycles. The molecule has 0 saturated carbocycles. The van der Waals surface area contributed by atoms with Gasteiger partial charge in [0.1, 0.15) is 0 Å². The van der Waals surface area contributed by atoms with Crippen LogP contribution >= 0.6 is 0 Å². The minimum Gasteiger partial charge on any atom is -0.462 e. The van der Waals surface area contributed by atoms with Crippen molar-refractivity contribution < 1.29 is 9.53 Å². The normalized spacial score (nSPS) is 11.2. The van der Waals surface area contributed by atoms with Crippen LogP contribution in [0.15, 0.2) is 12.2 Å². The van der Waals surface area contributed by atoms with Gasteiger partial charge in [0.15, 0.2) is 0 Å². The molecule has 0 aliphatic rings. The first kappa shape index (κ1) is 15.4. The fourth-order valence-corrected chi connectivity index (χ4v) is 5.55. The van der Waals surface area contributed by atoms with Gasteiger partial charge in [0.25, 0.3) is 0 Å². The van der Waals surface area contributed by atoms with E-state index < -0.39 is 8.80 Å². The zero-order valence-electron chi connectivity index (χ0n) is 11.4. The van der Waals surface area contributed by atoms with E-state index in [-0.39, 0.29) is 5.97 Å². The minimum atomic E-state index is -0.682. The van der Waals surface area contributed by atoms with Crippen LogP contribution in [0.25, 0.3) is 0 Å². The van der Waals surface area contributed by atoms with Crippen LogP contribution in [0, 0.1) is 0 Å². The summed E-state index contributed by atoms with van der Waals surface area (Å²) in [5.74, 6) is -0.257. The van der Waals surface area contributed by atoms with E-state index in [1.807, 2.05) is 0 Å². The predicted molar refractivity (Wildman–Crippen MR) is 72.5 cm³/mol. The van der Waals surface area contributed by atoms with Gasteiger partial charge in [-0.25, -0.2) is 4.79 Å². The molecule has 0 aromatic rings. The first-order chi connectivity index (χ1) is 7.36. The third kappa shape index (κ3) is 6.11. The highest BCUT2D eigenvalue weighted by atomic mass is 28.3. The average Bonchev–Trinajstić information content (AvgIpc) is 2.15. The summed E-state index contributed by atoms with van der Waals surface area (Å²) < 4.78 is 5.10. The van der Waals surface area contributed by atoms with Gasteiger partial charge in [-0.05, 0) is 13.3 Å². The van der Waals surface area contributed by atoms with Crippen LogP contribution in [0.1, 0.15) is 41.0 Å². The molecular formula is C13H26O2Si. The molecule has 0 aromatic heterocycles. The van der Waals surface area contributed by atoms with Gasteiger partial charge in [0, 0.05) is 14.4 Å². The molecule has 0 amide bonds. The molecule has 0 aliphatic heterocycles. The number of ether oxygens (including phenoxy) is 1. The number of esters is 1. The molecule has 94 valence electrons. The highest BCUT2D eigenvalue weighted by Gasteiger charge is 2.18. The van der Waals surface area contributed by atoms with Crippen molar-refractivity contribution in [1.29, 1.82) is 0 Å². The molecule has 0 N–H and O–H groups in total. The Hall–Kier alpha value is -0.573. The molecule has 3 heteroatoms. The van der Waals surface area contributed by atoms with Crippen molar-refractivity contribution in [2.45, 2.75) is 58.2 Å². The lowest BCUT2D eigenvalue weighted by Crippen LogP contribution is -2.21. The van der Waals surface area contributed by atoms with Crippen molar-refractivity contribution in [2.75, 3.05) is 6.61 Å². The van der Waals surface area contributed by atoms with Crippen molar-refractivity contribution in [1.82, 2.24) is 0 Å². The molecule has 0 atom stereocenters. The van der Waals surface area contributed by atoms with E-state index in [9.17, 15) is 4.79 Å². The van der Waals surface area contributed by atoms with Crippen molar-refractivity contribution in [3.8, 4) is 0 Å². The van der Waals surface area contributed by atoms with Crippen LogP contribution in [0.2, 0.25) is 17.1 Å². The highest BCUT2D eigenvalue weighted by Crippen LogP contribution is 2.24. The maximum absolute atomic E-state index is 11.1. The zero-order chi connectivity index (χ0) is 12.7. The van der Waals surface area contributed by atoms with Crippen molar-refractivity contribution >= 4 is 14.8 Å². The van der Waals surface area contributed by atoms with Crippen molar-refractivity contribution in [2.24, 2.45) is 0 Å². The fourth-order valence-electron chi connectivity index (χ4n) is 2.04. The Bertz CT molecular complexity index is 226. The summed E-state index contributed by atoms with van der Waals surface area (Å²) in [6.07, 6.45) is 1.01. The summed E-state index contributed by atoms with van der Waals surface area (Å²) in [5, 5.41) is 0. The molecule has 0 heterocycles.